The molecular formula is C15H15N3O3. The lowest BCUT2D eigenvalue weighted by molar-refractivity contribution is -0.384. The van der Waals surface area contributed by atoms with Gasteiger partial charge in [-0.15, -0.1) is 0 Å². The highest BCUT2D eigenvalue weighted by molar-refractivity contribution is 5.80. The summed E-state index contributed by atoms with van der Waals surface area (Å²) in [5, 5.41) is 14.6. The van der Waals surface area contributed by atoms with E-state index in [0.29, 0.717) is 12.3 Å². The van der Waals surface area contributed by atoms with E-state index in [9.17, 15) is 10.1 Å². The Hall–Kier alpha value is -2.89. The Bertz CT molecular complexity index is 622. The molecule has 2 aromatic carbocycles. The average molecular weight is 285 g/mol. The second kappa shape index (κ2) is 7.04. The molecule has 0 aliphatic heterocycles. The van der Waals surface area contributed by atoms with Crippen molar-refractivity contribution in [1.82, 2.24) is 0 Å². The number of nitrogens with zero attached hydrogens (tertiary/aromatic N) is 2. The maximum absolute atomic E-state index is 10.5. The van der Waals surface area contributed by atoms with Crippen LogP contribution in [0.3, 0.4) is 0 Å². The minimum Gasteiger partial charge on any atom is -0.494 e. The third-order valence-corrected chi connectivity index (χ3v) is 2.68. The van der Waals surface area contributed by atoms with Crippen LogP contribution in [0, 0.1) is 10.1 Å². The quantitative estimate of drug-likeness (QED) is 0.501. The van der Waals surface area contributed by atoms with Gasteiger partial charge in [-0.3, -0.25) is 15.5 Å². The van der Waals surface area contributed by atoms with Crippen LogP contribution >= 0.6 is 0 Å². The maximum Gasteiger partial charge on any atom is 0.269 e. The van der Waals surface area contributed by atoms with E-state index in [1.165, 1.54) is 12.1 Å². The van der Waals surface area contributed by atoms with Crippen molar-refractivity contribution in [2.45, 2.75) is 6.92 Å². The molecular weight excluding hydrogens is 270 g/mol. The van der Waals surface area contributed by atoms with Crippen molar-refractivity contribution in [1.29, 1.82) is 0 Å². The van der Waals surface area contributed by atoms with Crippen molar-refractivity contribution in [3.05, 3.63) is 64.2 Å². The smallest absolute Gasteiger partial charge is 0.269 e. The lowest BCUT2D eigenvalue weighted by Gasteiger charge is -2.02. The zero-order chi connectivity index (χ0) is 15.1. The Morgan fingerprint density at radius 3 is 2.43 bits per heavy atom. The molecule has 6 heteroatoms. The van der Waals surface area contributed by atoms with Gasteiger partial charge in [-0.05, 0) is 48.9 Å². The van der Waals surface area contributed by atoms with E-state index in [1.807, 2.05) is 31.2 Å². The van der Waals surface area contributed by atoms with E-state index >= 15 is 0 Å². The van der Waals surface area contributed by atoms with Crippen molar-refractivity contribution in [2.24, 2.45) is 5.10 Å². The first-order chi connectivity index (χ1) is 10.2. The van der Waals surface area contributed by atoms with Gasteiger partial charge in [-0.25, -0.2) is 0 Å². The fraction of sp³-hybridized carbons (Fsp3) is 0.133. The summed E-state index contributed by atoms with van der Waals surface area (Å²) in [6.07, 6.45) is 1.66. The molecule has 2 aromatic rings. The maximum atomic E-state index is 10.5. The van der Waals surface area contributed by atoms with Gasteiger partial charge in [0, 0.05) is 12.1 Å². The molecule has 0 bridgehead atoms. The largest absolute Gasteiger partial charge is 0.494 e. The summed E-state index contributed by atoms with van der Waals surface area (Å²) in [6, 6.07) is 13.6. The number of benzene rings is 2. The second-order valence-corrected chi connectivity index (χ2v) is 4.18. The normalized spacial score (nSPS) is 10.5. The highest BCUT2D eigenvalue weighted by Gasteiger charge is 2.02. The molecule has 0 unspecified atom stereocenters. The van der Waals surface area contributed by atoms with E-state index < -0.39 is 4.92 Å². The SMILES string of the molecule is CCOc1ccc(C=NNc2ccc([N+](=O)[O-])cc2)cc1. The fourth-order valence-corrected chi connectivity index (χ4v) is 1.66. The molecule has 0 fully saturated rings. The fourth-order valence-electron chi connectivity index (χ4n) is 1.66. The van der Waals surface area contributed by atoms with Crippen LogP contribution < -0.4 is 10.2 Å². The summed E-state index contributed by atoms with van der Waals surface area (Å²) in [7, 11) is 0. The average Bonchev–Trinajstić information content (AvgIpc) is 2.50. The topological polar surface area (TPSA) is 76.8 Å². The van der Waals surface area contributed by atoms with Crippen molar-refractivity contribution < 1.29 is 9.66 Å². The van der Waals surface area contributed by atoms with Gasteiger partial charge in [0.15, 0.2) is 0 Å². The standard InChI is InChI=1S/C15H15N3O3/c1-2-21-15-9-3-12(4-10-15)11-16-17-13-5-7-14(8-6-13)18(19)20/h3-11,17H,2H2,1H3. The summed E-state index contributed by atoms with van der Waals surface area (Å²) in [6.45, 7) is 2.57. The summed E-state index contributed by atoms with van der Waals surface area (Å²) in [5.41, 5.74) is 4.47. The Morgan fingerprint density at radius 2 is 1.86 bits per heavy atom. The number of nitro groups is 1. The van der Waals surface area contributed by atoms with Crippen LogP contribution in [0.2, 0.25) is 0 Å². The molecule has 6 nitrogen and oxygen atoms in total. The van der Waals surface area contributed by atoms with Gasteiger partial charge in [-0.2, -0.15) is 5.10 Å². The predicted molar refractivity (Wildman–Crippen MR) is 81.9 cm³/mol. The summed E-state index contributed by atoms with van der Waals surface area (Å²) >= 11 is 0. The Balaban J connectivity index is 1.93. The molecule has 0 radical (unpaired) electrons. The van der Waals surface area contributed by atoms with Gasteiger partial charge < -0.3 is 4.74 Å². The first kappa shape index (κ1) is 14.5. The van der Waals surface area contributed by atoms with E-state index in [-0.39, 0.29) is 5.69 Å². The third-order valence-electron chi connectivity index (χ3n) is 2.68. The molecule has 1 N–H and O–H groups in total. The summed E-state index contributed by atoms with van der Waals surface area (Å²) in [4.78, 5) is 10.1. The number of ether oxygens (including phenoxy) is 1. The van der Waals surface area contributed by atoms with Gasteiger partial charge >= 0.3 is 0 Å². The Labute approximate surface area is 122 Å². The van der Waals surface area contributed by atoms with Crippen molar-refractivity contribution >= 4 is 17.6 Å². The Kier molecular flexibility index (Phi) is 4.87. The number of hydrogen-bond donors (Lipinski definition) is 1. The highest BCUT2D eigenvalue weighted by atomic mass is 16.6. The number of nitro benzene ring substituents is 1. The molecule has 0 saturated carbocycles. The number of rotatable bonds is 6. The molecule has 21 heavy (non-hydrogen) atoms. The number of hydrazone groups is 1. The van der Waals surface area contributed by atoms with E-state index in [1.54, 1.807) is 18.3 Å². The highest BCUT2D eigenvalue weighted by Crippen LogP contribution is 2.15. The summed E-state index contributed by atoms with van der Waals surface area (Å²) in [5.74, 6) is 0.818. The zero-order valence-corrected chi connectivity index (χ0v) is 11.5. The van der Waals surface area contributed by atoms with Crippen molar-refractivity contribution in [3.63, 3.8) is 0 Å². The molecule has 0 spiro atoms. The minimum atomic E-state index is -0.438. The molecule has 0 aliphatic carbocycles. The first-order valence-corrected chi connectivity index (χ1v) is 6.45. The summed E-state index contributed by atoms with van der Waals surface area (Å²) < 4.78 is 5.35. The van der Waals surface area contributed by atoms with Crippen LogP contribution in [0.25, 0.3) is 0 Å². The zero-order valence-electron chi connectivity index (χ0n) is 11.5. The van der Waals surface area contributed by atoms with Crippen LogP contribution in [0.4, 0.5) is 11.4 Å². The van der Waals surface area contributed by atoms with Gasteiger partial charge in [0.05, 0.1) is 23.4 Å². The minimum absolute atomic E-state index is 0.0519. The van der Waals surface area contributed by atoms with Crippen LogP contribution in [-0.2, 0) is 0 Å². The van der Waals surface area contributed by atoms with E-state index in [4.69, 9.17) is 4.74 Å². The van der Waals surface area contributed by atoms with Crippen molar-refractivity contribution in [2.75, 3.05) is 12.0 Å². The first-order valence-electron chi connectivity index (χ1n) is 6.45. The van der Waals surface area contributed by atoms with Crippen LogP contribution in [0.5, 0.6) is 5.75 Å². The number of anilines is 1. The number of nitrogens with one attached hydrogen (secondary N) is 1. The van der Waals surface area contributed by atoms with Crippen LogP contribution in [-0.4, -0.2) is 17.7 Å². The Morgan fingerprint density at radius 1 is 1.19 bits per heavy atom. The van der Waals surface area contributed by atoms with Gasteiger partial charge in [0.2, 0.25) is 0 Å². The molecule has 0 aromatic heterocycles. The van der Waals surface area contributed by atoms with E-state index in [2.05, 4.69) is 10.5 Å². The predicted octanol–water partition coefficient (Wildman–Crippen LogP) is 3.44. The lowest BCUT2D eigenvalue weighted by Crippen LogP contribution is -1.93. The number of non-ortho nitro benzene ring substituents is 1. The molecule has 0 saturated heterocycles. The number of hydrogen-bond acceptors (Lipinski definition) is 5. The molecule has 0 aliphatic rings. The van der Waals surface area contributed by atoms with Crippen LogP contribution in [0.15, 0.2) is 53.6 Å². The molecule has 0 atom stereocenters. The third kappa shape index (κ3) is 4.31. The van der Waals surface area contributed by atoms with E-state index in [0.717, 1.165) is 11.3 Å². The van der Waals surface area contributed by atoms with Crippen LogP contribution in [0.1, 0.15) is 12.5 Å². The van der Waals surface area contributed by atoms with Gasteiger partial charge in [0.1, 0.15) is 5.75 Å². The van der Waals surface area contributed by atoms with Gasteiger partial charge in [-0.1, -0.05) is 0 Å². The van der Waals surface area contributed by atoms with Crippen molar-refractivity contribution in [3.8, 4) is 5.75 Å². The molecule has 0 amide bonds. The second-order valence-electron chi connectivity index (χ2n) is 4.18. The molecule has 108 valence electrons. The molecule has 0 heterocycles. The lowest BCUT2D eigenvalue weighted by atomic mass is 10.2. The molecule has 2 rings (SSSR count). The monoisotopic (exact) mass is 285 g/mol. The van der Waals surface area contributed by atoms with Gasteiger partial charge in [0.25, 0.3) is 5.69 Å².